The van der Waals surface area contributed by atoms with E-state index in [-0.39, 0.29) is 11.5 Å². The Bertz CT molecular complexity index is 655. The van der Waals surface area contributed by atoms with Crippen molar-refractivity contribution < 1.29 is 10.2 Å². The predicted molar refractivity (Wildman–Crippen MR) is 75.3 cm³/mol. The van der Waals surface area contributed by atoms with Gasteiger partial charge in [-0.3, -0.25) is 0 Å². The van der Waals surface area contributed by atoms with Gasteiger partial charge < -0.3 is 10.2 Å². The van der Waals surface area contributed by atoms with Gasteiger partial charge in [0, 0.05) is 14.7 Å². The van der Waals surface area contributed by atoms with E-state index in [0.29, 0.717) is 11.1 Å². The average Bonchev–Trinajstić information content (AvgIpc) is 2.77. The lowest BCUT2D eigenvalue weighted by Gasteiger charge is -1.99. The number of benzene rings is 1. The standard InChI is InChI=1S/C13H8BrNO2S/c14-10-5-13(18-7-10)9(6-15)3-8-1-2-11(16)12(17)4-8/h1-5,7,16-17H/b9-3+. The van der Waals surface area contributed by atoms with Crippen molar-refractivity contribution in [2.75, 3.05) is 0 Å². The number of phenolic OH excluding ortho intramolecular Hbond substituents is 2. The molecule has 1 heterocycles. The maximum atomic E-state index is 9.39. The summed E-state index contributed by atoms with van der Waals surface area (Å²) in [5.74, 6) is -0.377. The maximum Gasteiger partial charge on any atom is 0.157 e. The van der Waals surface area contributed by atoms with Gasteiger partial charge in [-0.05, 0) is 45.8 Å². The summed E-state index contributed by atoms with van der Waals surface area (Å²) in [7, 11) is 0. The van der Waals surface area contributed by atoms with Crippen molar-refractivity contribution in [1.29, 1.82) is 5.26 Å². The molecule has 0 fully saturated rings. The summed E-state index contributed by atoms with van der Waals surface area (Å²) in [5.41, 5.74) is 1.17. The lowest BCUT2D eigenvalue weighted by Crippen LogP contribution is -1.78. The number of allylic oxidation sites excluding steroid dienone is 1. The number of aromatic hydroxyl groups is 2. The van der Waals surface area contributed by atoms with Crippen molar-refractivity contribution in [2.24, 2.45) is 0 Å². The molecule has 0 aliphatic heterocycles. The van der Waals surface area contributed by atoms with Crippen LogP contribution in [0.2, 0.25) is 0 Å². The molecule has 0 amide bonds. The highest BCUT2D eigenvalue weighted by atomic mass is 79.9. The van der Waals surface area contributed by atoms with Crippen LogP contribution in [0.5, 0.6) is 11.5 Å². The quantitative estimate of drug-likeness (QED) is 0.649. The molecule has 2 rings (SSSR count). The third-order valence-corrected chi connectivity index (χ3v) is 3.99. The Morgan fingerprint density at radius 3 is 2.61 bits per heavy atom. The van der Waals surface area contributed by atoms with Gasteiger partial charge in [0.1, 0.15) is 6.07 Å². The minimum absolute atomic E-state index is 0.176. The zero-order chi connectivity index (χ0) is 13.1. The van der Waals surface area contributed by atoms with Gasteiger partial charge in [0.2, 0.25) is 0 Å². The summed E-state index contributed by atoms with van der Waals surface area (Å²) in [5, 5.41) is 29.6. The van der Waals surface area contributed by atoms with Crippen LogP contribution in [0.15, 0.2) is 34.1 Å². The smallest absolute Gasteiger partial charge is 0.157 e. The molecule has 1 aromatic heterocycles. The van der Waals surface area contributed by atoms with Crippen molar-refractivity contribution in [1.82, 2.24) is 0 Å². The lowest BCUT2D eigenvalue weighted by atomic mass is 10.1. The zero-order valence-corrected chi connectivity index (χ0v) is 11.5. The van der Waals surface area contributed by atoms with E-state index < -0.39 is 0 Å². The largest absolute Gasteiger partial charge is 0.504 e. The summed E-state index contributed by atoms with van der Waals surface area (Å²) >= 11 is 4.80. The second-order valence-corrected chi connectivity index (χ2v) is 5.37. The normalized spacial score (nSPS) is 11.2. The van der Waals surface area contributed by atoms with Crippen LogP contribution in [-0.2, 0) is 0 Å². The van der Waals surface area contributed by atoms with E-state index >= 15 is 0 Å². The van der Waals surface area contributed by atoms with E-state index in [9.17, 15) is 10.2 Å². The van der Waals surface area contributed by atoms with Gasteiger partial charge in [-0.15, -0.1) is 11.3 Å². The molecule has 3 nitrogen and oxygen atoms in total. The van der Waals surface area contributed by atoms with Gasteiger partial charge in [-0.1, -0.05) is 6.07 Å². The van der Waals surface area contributed by atoms with Crippen LogP contribution in [0.25, 0.3) is 11.6 Å². The summed E-state index contributed by atoms with van der Waals surface area (Å²) in [6, 6.07) is 8.42. The molecule has 2 N–H and O–H groups in total. The molecule has 0 spiro atoms. The van der Waals surface area contributed by atoms with E-state index in [1.807, 2.05) is 11.4 Å². The van der Waals surface area contributed by atoms with Crippen molar-refractivity contribution in [3.63, 3.8) is 0 Å². The molecule has 5 heteroatoms. The summed E-state index contributed by atoms with van der Waals surface area (Å²) in [4.78, 5) is 0.844. The molecular formula is C13H8BrNO2S. The van der Waals surface area contributed by atoms with Crippen molar-refractivity contribution in [3.8, 4) is 17.6 Å². The zero-order valence-electron chi connectivity index (χ0n) is 9.09. The minimum Gasteiger partial charge on any atom is -0.504 e. The van der Waals surface area contributed by atoms with Crippen LogP contribution in [0.4, 0.5) is 0 Å². The second-order valence-electron chi connectivity index (χ2n) is 3.55. The molecule has 0 saturated heterocycles. The second kappa shape index (κ2) is 5.25. The predicted octanol–water partition coefficient (Wildman–Crippen LogP) is 3.99. The number of rotatable bonds is 2. The van der Waals surface area contributed by atoms with E-state index in [2.05, 4.69) is 22.0 Å². The highest BCUT2D eigenvalue weighted by Crippen LogP contribution is 2.30. The molecule has 0 bridgehead atoms. The van der Waals surface area contributed by atoms with Gasteiger partial charge >= 0.3 is 0 Å². The fourth-order valence-corrected chi connectivity index (χ4v) is 2.80. The van der Waals surface area contributed by atoms with E-state index in [4.69, 9.17) is 5.26 Å². The van der Waals surface area contributed by atoms with Gasteiger partial charge in [0.15, 0.2) is 11.5 Å². The Labute approximate surface area is 116 Å². The van der Waals surface area contributed by atoms with Crippen molar-refractivity contribution >= 4 is 38.9 Å². The molecule has 90 valence electrons. The first-order chi connectivity index (χ1) is 8.60. The molecule has 18 heavy (non-hydrogen) atoms. The molecule has 0 radical (unpaired) electrons. The number of hydrogen-bond acceptors (Lipinski definition) is 4. The number of nitriles is 1. The fraction of sp³-hybridized carbons (Fsp3) is 0. The Hall–Kier alpha value is -1.77. The summed E-state index contributed by atoms with van der Waals surface area (Å²) in [6.45, 7) is 0. The Morgan fingerprint density at radius 1 is 1.28 bits per heavy atom. The third-order valence-electron chi connectivity index (χ3n) is 2.26. The van der Waals surface area contributed by atoms with Crippen LogP contribution < -0.4 is 0 Å². The lowest BCUT2D eigenvalue weighted by molar-refractivity contribution is 0.403. The van der Waals surface area contributed by atoms with Crippen LogP contribution in [0.3, 0.4) is 0 Å². The summed E-state index contributed by atoms with van der Waals surface area (Å²) in [6.07, 6.45) is 1.66. The van der Waals surface area contributed by atoms with Crippen molar-refractivity contribution in [3.05, 3.63) is 44.6 Å². The Kier molecular flexibility index (Phi) is 3.70. The molecule has 0 saturated carbocycles. The van der Waals surface area contributed by atoms with Crippen LogP contribution in [-0.4, -0.2) is 10.2 Å². The summed E-state index contributed by atoms with van der Waals surface area (Å²) < 4.78 is 0.928. The number of nitrogens with zero attached hydrogens (tertiary/aromatic N) is 1. The van der Waals surface area contributed by atoms with E-state index in [1.165, 1.54) is 23.5 Å². The molecule has 2 aromatic rings. The first-order valence-corrected chi connectivity index (χ1v) is 6.65. The molecule has 0 aliphatic carbocycles. The van der Waals surface area contributed by atoms with Crippen LogP contribution in [0.1, 0.15) is 10.4 Å². The Morgan fingerprint density at radius 2 is 2.06 bits per heavy atom. The van der Waals surface area contributed by atoms with Crippen LogP contribution >= 0.6 is 27.3 Å². The minimum atomic E-state index is -0.201. The molecule has 1 aromatic carbocycles. The van der Waals surface area contributed by atoms with Crippen molar-refractivity contribution in [2.45, 2.75) is 0 Å². The highest BCUT2D eigenvalue weighted by Gasteiger charge is 2.05. The molecular weight excluding hydrogens is 314 g/mol. The SMILES string of the molecule is N#C/C(=C\c1ccc(O)c(O)c1)c1cc(Br)cs1. The first kappa shape index (κ1) is 12.7. The van der Waals surface area contributed by atoms with Crippen LogP contribution in [0, 0.1) is 11.3 Å². The first-order valence-electron chi connectivity index (χ1n) is 4.98. The number of phenols is 2. The molecule has 0 aliphatic rings. The average molecular weight is 322 g/mol. The van der Waals surface area contributed by atoms with E-state index in [1.54, 1.807) is 12.1 Å². The third kappa shape index (κ3) is 2.73. The van der Waals surface area contributed by atoms with Gasteiger partial charge in [0.05, 0.1) is 5.57 Å². The number of thiophene rings is 1. The number of hydrogen-bond donors (Lipinski definition) is 2. The maximum absolute atomic E-state index is 9.39. The van der Waals surface area contributed by atoms with Gasteiger partial charge in [0.25, 0.3) is 0 Å². The van der Waals surface area contributed by atoms with Gasteiger partial charge in [-0.25, -0.2) is 0 Å². The topological polar surface area (TPSA) is 64.2 Å². The molecule has 0 atom stereocenters. The number of halogens is 1. The molecule has 0 unspecified atom stereocenters. The monoisotopic (exact) mass is 321 g/mol. The fourth-order valence-electron chi connectivity index (χ4n) is 1.41. The van der Waals surface area contributed by atoms with Gasteiger partial charge in [-0.2, -0.15) is 5.26 Å². The van der Waals surface area contributed by atoms with E-state index in [0.717, 1.165) is 9.35 Å². The highest BCUT2D eigenvalue weighted by molar-refractivity contribution is 9.10. The Balaban J connectivity index is 2.41.